The average molecular weight is 406 g/mol. The molecule has 0 aliphatic heterocycles. The molecule has 0 saturated heterocycles. The normalized spacial score (nSPS) is 11.7. The average Bonchev–Trinajstić information content (AvgIpc) is 3.34. The van der Waals surface area contributed by atoms with E-state index in [1.807, 2.05) is 29.7 Å². The van der Waals surface area contributed by atoms with Gasteiger partial charge in [0, 0.05) is 37.5 Å². The van der Waals surface area contributed by atoms with Crippen molar-refractivity contribution in [1.82, 2.24) is 4.98 Å². The van der Waals surface area contributed by atoms with Crippen molar-refractivity contribution in [2.75, 3.05) is 0 Å². The van der Waals surface area contributed by atoms with Crippen LogP contribution in [0, 0.1) is 13.8 Å². The quantitative estimate of drug-likeness (QED) is 0.290. The molecule has 0 aliphatic rings. The first-order valence-corrected chi connectivity index (χ1v) is 10.9. The van der Waals surface area contributed by atoms with Crippen LogP contribution in [0.4, 0.5) is 0 Å². The highest BCUT2D eigenvalue weighted by Gasteiger charge is 2.14. The minimum absolute atomic E-state index is 0.900. The maximum Gasteiger partial charge on any atom is 0.144 e. The molecule has 3 aromatic carbocycles. The van der Waals surface area contributed by atoms with Crippen LogP contribution in [0.1, 0.15) is 11.1 Å². The second-order valence-corrected chi connectivity index (χ2v) is 8.96. The van der Waals surface area contributed by atoms with Crippen molar-refractivity contribution in [3.05, 3.63) is 90.1 Å². The molecule has 0 unspecified atom stereocenters. The number of pyridine rings is 1. The number of thiophene rings is 1. The molecule has 0 spiro atoms. The minimum atomic E-state index is 0.900. The lowest BCUT2D eigenvalue weighted by atomic mass is 10.1. The Bertz CT molecular complexity index is 1550. The Balaban J connectivity index is 1.52. The molecule has 0 aliphatic carbocycles. The zero-order valence-electron chi connectivity index (χ0n) is 16.8. The summed E-state index contributed by atoms with van der Waals surface area (Å²) in [6.45, 7) is 4.30. The molecule has 0 N–H and O–H groups in total. The fourth-order valence-corrected chi connectivity index (χ4v) is 5.35. The van der Waals surface area contributed by atoms with Crippen LogP contribution in [0.5, 0.6) is 0 Å². The van der Waals surface area contributed by atoms with Crippen molar-refractivity contribution in [2.45, 2.75) is 13.8 Å². The summed E-state index contributed by atoms with van der Waals surface area (Å²) < 4.78 is 7.45. The van der Waals surface area contributed by atoms with E-state index in [9.17, 15) is 0 Å². The van der Waals surface area contributed by atoms with E-state index < -0.39 is 0 Å². The number of hydrogen-bond donors (Lipinski definition) is 0. The Morgan fingerprint density at radius 3 is 2.47 bits per heavy atom. The van der Waals surface area contributed by atoms with Crippen LogP contribution in [-0.4, -0.2) is 4.98 Å². The maximum atomic E-state index is 6.21. The molecular formula is C27H19NOS. The van der Waals surface area contributed by atoms with Crippen molar-refractivity contribution < 1.29 is 4.42 Å². The van der Waals surface area contributed by atoms with Gasteiger partial charge in [0.15, 0.2) is 0 Å². The molecule has 6 aromatic rings. The summed E-state index contributed by atoms with van der Waals surface area (Å²) in [6, 6.07) is 25.6. The molecule has 2 nitrogen and oxygen atoms in total. The Hall–Kier alpha value is -3.43. The highest BCUT2D eigenvalue weighted by atomic mass is 32.1. The molecule has 6 rings (SSSR count). The third-order valence-electron chi connectivity index (χ3n) is 5.59. The summed E-state index contributed by atoms with van der Waals surface area (Å²) in [5.74, 6) is 0. The number of furan rings is 1. The Morgan fingerprint density at radius 1 is 0.800 bits per heavy atom. The molecule has 0 atom stereocenters. The van der Waals surface area contributed by atoms with Crippen LogP contribution in [0.25, 0.3) is 53.7 Å². The van der Waals surface area contributed by atoms with Crippen LogP contribution in [0.3, 0.4) is 0 Å². The molecule has 3 aromatic heterocycles. The summed E-state index contributed by atoms with van der Waals surface area (Å²) in [4.78, 5) is 6.06. The molecule has 0 saturated carbocycles. The Labute approximate surface area is 178 Å². The minimum Gasteiger partial charge on any atom is -0.455 e. The highest BCUT2D eigenvalue weighted by molar-refractivity contribution is 7.22. The van der Waals surface area contributed by atoms with Crippen LogP contribution < -0.4 is 0 Å². The summed E-state index contributed by atoms with van der Waals surface area (Å²) >= 11 is 1.82. The van der Waals surface area contributed by atoms with E-state index in [2.05, 4.69) is 74.5 Å². The van der Waals surface area contributed by atoms with Gasteiger partial charge < -0.3 is 4.42 Å². The number of rotatable bonds is 2. The monoisotopic (exact) mass is 405 g/mol. The Morgan fingerprint density at radius 2 is 1.60 bits per heavy atom. The fourth-order valence-electron chi connectivity index (χ4n) is 4.29. The van der Waals surface area contributed by atoms with Crippen LogP contribution in [0.15, 0.2) is 83.4 Å². The van der Waals surface area contributed by atoms with Crippen molar-refractivity contribution in [3.63, 3.8) is 0 Å². The molecule has 0 fully saturated rings. The van der Waals surface area contributed by atoms with E-state index in [1.165, 1.54) is 31.7 Å². The van der Waals surface area contributed by atoms with Crippen LogP contribution in [0.2, 0.25) is 0 Å². The smallest absolute Gasteiger partial charge is 0.144 e. The fraction of sp³-hybridized carbons (Fsp3) is 0.0741. The van der Waals surface area contributed by atoms with Crippen molar-refractivity contribution >= 4 is 43.4 Å². The number of aromatic nitrogens is 1. The second-order valence-electron chi connectivity index (χ2n) is 7.87. The third-order valence-corrected chi connectivity index (χ3v) is 6.73. The molecule has 144 valence electrons. The highest BCUT2D eigenvalue weighted by Crippen LogP contribution is 2.38. The predicted molar refractivity (Wildman–Crippen MR) is 127 cm³/mol. The molecule has 0 bridgehead atoms. The largest absolute Gasteiger partial charge is 0.455 e. The van der Waals surface area contributed by atoms with E-state index in [0.717, 1.165) is 33.2 Å². The molecule has 0 amide bonds. The Kier molecular flexibility index (Phi) is 3.80. The van der Waals surface area contributed by atoms with Crippen molar-refractivity contribution in [1.29, 1.82) is 0 Å². The van der Waals surface area contributed by atoms with Crippen molar-refractivity contribution in [3.8, 4) is 21.7 Å². The molecule has 0 radical (unpaired) electrons. The van der Waals surface area contributed by atoms with Crippen molar-refractivity contribution in [2.24, 2.45) is 0 Å². The van der Waals surface area contributed by atoms with Gasteiger partial charge in [0.1, 0.15) is 11.2 Å². The molecule has 3 heterocycles. The van der Waals surface area contributed by atoms with E-state index in [-0.39, 0.29) is 0 Å². The number of benzene rings is 3. The first-order chi connectivity index (χ1) is 14.7. The number of hydrogen-bond acceptors (Lipinski definition) is 3. The number of para-hydroxylation sites is 2. The summed E-state index contributed by atoms with van der Waals surface area (Å²) in [5, 5.41) is 3.45. The summed E-state index contributed by atoms with van der Waals surface area (Å²) in [7, 11) is 0. The number of nitrogens with zero attached hydrogens (tertiary/aromatic N) is 1. The lowest BCUT2D eigenvalue weighted by Gasteiger charge is -2.02. The summed E-state index contributed by atoms with van der Waals surface area (Å²) in [5.41, 5.74) is 7.64. The number of fused-ring (bicyclic) bond motifs is 4. The number of aryl methyl sites for hydroxylation is 2. The van der Waals surface area contributed by atoms with Gasteiger partial charge in [0.05, 0.1) is 5.69 Å². The first-order valence-electron chi connectivity index (χ1n) is 10.0. The van der Waals surface area contributed by atoms with Gasteiger partial charge in [-0.1, -0.05) is 59.7 Å². The second kappa shape index (κ2) is 6.54. The van der Waals surface area contributed by atoms with Gasteiger partial charge in [0.2, 0.25) is 0 Å². The van der Waals surface area contributed by atoms with E-state index in [4.69, 9.17) is 9.40 Å². The van der Waals surface area contributed by atoms with Gasteiger partial charge >= 0.3 is 0 Å². The van der Waals surface area contributed by atoms with Gasteiger partial charge in [-0.25, -0.2) is 0 Å². The van der Waals surface area contributed by atoms with Gasteiger partial charge in [-0.15, -0.1) is 11.3 Å². The third kappa shape index (κ3) is 2.74. The summed E-state index contributed by atoms with van der Waals surface area (Å²) in [6.07, 6.45) is 1.98. The van der Waals surface area contributed by atoms with Crippen LogP contribution in [-0.2, 0) is 0 Å². The molecular weight excluding hydrogens is 386 g/mol. The van der Waals surface area contributed by atoms with Crippen LogP contribution >= 0.6 is 11.3 Å². The zero-order chi connectivity index (χ0) is 20.2. The lowest BCUT2D eigenvalue weighted by molar-refractivity contribution is 0.670. The lowest BCUT2D eigenvalue weighted by Crippen LogP contribution is -1.83. The van der Waals surface area contributed by atoms with E-state index in [1.54, 1.807) is 0 Å². The topological polar surface area (TPSA) is 26.0 Å². The standard InChI is InChI=1S/C27H19NOS/c1-16-10-17(2)12-18(11-16)25-13-19-15-28-23(14-26(19)30-25)22-8-5-7-21-20-6-3-4-9-24(20)29-27(21)22/h3-15H,1-2H3. The predicted octanol–water partition coefficient (Wildman–Crippen LogP) is 8.15. The molecule has 3 heteroatoms. The van der Waals surface area contributed by atoms with Gasteiger partial charge in [0.25, 0.3) is 0 Å². The SMILES string of the molecule is Cc1cc(C)cc(-c2cc3cnc(-c4cccc5c4oc4ccccc45)cc3s2)c1. The van der Waals surface area contributed by atoms with Gasteiger partial charge in [-0.3, -0.25) is 4.98 Å². The van der Waals surface area contributed by atoms with Gasteiger partial charge in [-0.05, 0) is 43.7 Å². The molecule has 30 heavy (non-hydrogen) atoms. The first kappa shape index (κ1) is 17.4. The van der Waals surface area contributed by atoms with Gasteiger partial charge in [-0.2, -0.15) is 0 Å². The van der Waals surface area contributed by atoms with E-state index >= 15 is 0 Å². The zero-order valence-corrected chi connectivity index (χ0v) is 17.6. The maximum absolute atomic E-state index is 6.21. The van der Waals surface area contributed by atoms with E-state index in [0.29, 0.717) is 0 Å².